The highest BCUT2D eigenvalue weighted by molar-refractivity contribution is 8.00. The number of amides is 1. The maximum absolute atomic E-state index is 13.2. The lowest BCUT2D eigenvalue weighted by Crippen LogP contribution is -2.48. The molecule has 26 heavy (non-hydrogen) atoms. The van der Waals surface area contributed by atoms with Gasteiger partial charge in [-0.3, -0.25) is 4.79 Å². The average Bonchev–Trinajstić information content (AvgIpc) is 3.02. The van der Waals surface area contributed by atoms with E-state index in [1.54, 1.807) is 11.0 Å². The SMILES string of the molecule is CCN(CC)C(=O)C1CSCN1S(=O)(=O)c1ccc2c(c1)OCCCO2. The fourth-order valence-electron chi connectivity index (χ4n) is 3.04. The Morgan fingerprint density at radius 3 is 2.62 bits per heavy atom. The van der Waals surface area contributed by atoms with Gasteiger partial charge in [-0.05, 0) is 26.0 Å². The van der Waals surface area contributed by atoms with Crippen LogP contribution in [-0.2, 0) is 14.8 Å². The van der Waals surface area contributed by atoms with E-state index in [0.717, 1.165) is 6.42 Å². The summed E-state index contributed by atoms with van der Waals surface area (Å²) in [4.78, 5) is 14.5. The van der Waals surface area contributed by atoms with E-state index in [0.29, 0.717) is 43.6 Å². The minimum atomic E-state index is -3.80. The standard InChI is InChI=1S/C17H24N2O5S2/c1-3-18(4-2)17(20)14-11-25-12-19(14)26(21,22)13-6-7-15-16(10-13)24-9-5-8-23-15/h6-7,10,14H,3-5,8-9,11-12H2,1-2H3. The first-order valence-electron chi connectivity index (χ1n) is 8.77. The van der Waals surface area contributed by atoms with Gasteiger partial charge in [-0.25, -0.2) is 8.42 Å². The van der Waals surface area contributed by atoms with Crippen molar-refractivity contribution >= 4 is 27.7 Å². The molecule has 3 rings (SSSR count). The van der Waals surface area contributed by atoms with Crippen LogP contribution in [-0.4, -0.2) is 67.5 Å². The molecule has 1 amide bonds. The number of rotatable bonds is 5. The van der Waals surface area contributed by atoms with Crippen molar-refractivity contribution in [2.75, 3.05) is 37.9 Å². The number of benzene rings is 1. The van der Waals surface area contributed by atoms with Crippen molar-refractivity contribution in [1.82, 2.24) is 9.21 Å². The van der Waals surface area contributed by atoms with Gasteiger partial charge >= 0.3 is 0 Å². The van der Waals surface area contributed by atoms with Gasteiger partial charge in [0.15, 0.2) is 11.5 Å². The molecule has 0 aliphatic carbocycles. The third kappa shape index (κ3) is 3.65. The molecule has 1 unspecified atom stereocenters. The molecule has 1 fully saturated rings. The molecule has 2 aliphatic heterocycles. The Labute approximate surface area is 158 Å². The van der Waals surface area contributed by atoms with E-state index in [9.17, 15) is 13.2 Å². The zero-order valence-corrected chi connectivity index (χ0v) is 16.6. The van der Waals surface area contributed by atoms with E-state index >= 15 is 0 Å². The Bertz CT molecular complexity index is 764. The Kier molecular flexibility index (Phi) is 5.99. The van der Waals surface area contributed by atoms with Crippen molar-refractivity contribution in [3.05, 3.63) is 18.2 Å². The Hall–Kier alpha value is -1.45. The number of thioether (sulfide) groups is 1. The summed E-state index contributed by atoms with van der Waals surface area (Å²) in [6.45, 7) is 5.95. The number of sulfonamides is 1. The van der Waals surface area contributed by atoms with E-state index in [-0.39, 0.29) is 16.7 Å². The summed E-state index contributed by atoms with van der Waals surface area (Å²) in [6.07, 6.45) is 0.750. The van der Waals surface area contributed by atoms with Gasteiger partial charge in [-0.1, -0.05) is 0 Å². The van der Waals surface area contributed by atoms with E-state index in [4.69, 9.17) is 9.47 Å². The van der Waals surface area contributed by atoms with Crippen molar-refractivity contribution < 1.29 is 22.7 Å². The van der Waals surface area contributed by atoms with Gasteiger partial charge in [0.05, 0.1) is 24.0 Å². The van der Waals surface area contributed by atoms with Gasteiger partial charge in [-0.15, -0.1) is 11.8 Å². The molecule has 1 saturated heterocycles. The molecule has 2 aliphatic rings. The molecule has 0 bridgehead atoms. The number of carbonyl (C=O) groups is 1. The first-order valence-corrected chi connectivity index (χ1v) is 11.4. The predicted octanol–water partition coefficient (Wildman–Crippen LogP) is 1.78. The minimum absolute atomic E-state index is 0.126. The number of hydrogen-bond donors (Lipinski definition) is 0. The number of fused-ring (bicyclic) bond motifs is 1. The Morgan fingerprint density at radius 1 is 1.23 bits per heavy atom. The number of ether oxygens (including phenoxy) is 2. The lowest BCUT2D eigenvalue weighted by atomic mass is 10.3. The molecular weight excluding hydrogens is 376 g/mol. The maximum Gasteiger partial charge on any atom is 0.244 e. The van der Waals surface area contributed by atoms with Gasteiger partial charge in [0.2, 0.25) is 15.9 Å². The molecule has 0 radical (unpaired) electrons. The fraction of sp³-hybridized carbons (Fsp3) is 0.588. The van der Waals surface area contributed by atoms with Crippen LogP contribution in [0.1, 0.15) is 20.3 Å². The summed E-state index contributed by atoms with van der Waals surface area (Å²) in [5.41, 5.74) is 0. The molecule has 0 aromatic heterocycles. The summed E-state index contributed by atoms with van der Waals surface area (Å²) < 4.78 is 38.8. The molecule has 1 aromatic carbocycles. The van der Waals surface area contributed by atoms with Gasteiger partial charge in [0.1, 0.15) is 6.04 Å². The molecule has 7 nitrogen and oxygen atoms in total. The van der Waals surface area contributed by atoms with Crippen LogP contribution in [0, 0.1) is 0 Å². The molecule has 0 N–H and O–H groups in total. The van der Waals surface area contributed by atoms with Crippen molar-refractivity contribution in [1.29, 1.82) is 0 Å². The third-order valence-electron chi connectivity index (χ3n) is 4.53. The summed E-state index contributed by atoms with van der Waals surface area (Å²) in [7, 11) is -3.80. The lowest BCUT2D eigenvalue weighted by Gasteiger charge is -2.28. The van der Waals surface area contributed by atoms with Crippen molar-refractivity contribution in [3.63, 3.8) is 0 Å². The van der Waals surface area contributed by atoms with E-state index in [2.05, 4.69) is 0 Å². The zero-order chi connectivity index (χ0) is 18.7. The van der Waals surface area contributed by atoms with Crippen LogP contribution in [0.25, 0.3) is 0 Å². The van der Waals surface area contributed by atoms with Crippen molar-refractivity contribution in [3.8, 4) is 11.5 Å². The largest absolute Gasteiger partial charge is 0.490 e. The van der Waals surface area contributed by atoms with Crippen LogP contribution in [0.4, 0.5) is 0 Å². The second kappa shape index (κ2) is 8.06. The predicted molar refractivity (Wildman–Crippen MR) is 100 cm³/mol. The van der Waals surface area contributed by atoms with Crippen LogP contribution in [0.15, 0.2) is 23.1 Å². The Morgan fingerprint density at radius 2 is 1.92 bits per heavy atom. The first kappa shape index (κ1) is 19.3. The lowest BCUT2D eigenvalue weighted by molar-refractivity contribution is -0.133. The minimum Gasteiger partial charge on any atom is -0.490 e. The van der Waals surface area contributed by atoms with Crippen LogP contribution in [0.5, 0.6) is 11.5 Å². The highest BCUT2D eigenvalue weighted by Crippen LogP contribution is 2.35. The smallest absolute Gasteiger partial charge is 0.244 e. The van der Waals surface area contributed by atoms with Crippen molar-refractivity contribution in [2.24, 2.45) is 0 Å². The monoisotopic (exact) mass is 400 g/mol. The molecule has 1 atom stereocenters. The Balaban J connectivity index is 1.89. The van der Waals surface area contributed by atoms with Gasteiger partial charge in [0, 0.05) is 31.3 Å². The molecule has 0 saturated carbocycles. The third-order valence-corrected chi connectivity index (χ3v) is 7.55. The zero-order valence-electron chi connectivity index (χ0n) is 15.0. The van der Waals surface area contributed by atoms with E-state index in [1.165, 1.54) is 28.2 Å². The summed E-state index contributed by atoms with van der Waals surface area (Å²) in [6, 6.07) is 3.97. The average molecular weight is 401 g/mol. The molecule has 2 heterocycles. The van der Waals surface area contributed by atoms with Crippen LogP contribution < -0.4 is 9.47 Å². The number of likely N-dealkylation sites (N-methyl/N-ethyl adjacent to an activating group) is 1. The van der Waals surface area contributed by atoms with Crippen LogP contribution in [0.2, 0.25) is 0 Å². The number of nitrogens with zero attached hydrogens (tertiary/aromatic N) is 2. The molecule has 0 spiro atoms. The molecule has 144 valence electrons. The van der Waals surface area contributed by atoms with Gasteiger partial charge < -0.3 is 14.4 Å². The highest BCUT2D eigenvalue weighted by Gasteiger charge is 2.41. The molecular formula is C17H24N2O5S2. The highest BCUT2D eigenvalue weighted by atomic mass is 32.2. The second-order valence-electron chi connectivity index (χ2n) is 6.08. The van der Waals surface area contributed by atoms with Gasteiger partial charge in [-0.2, -0.15) is 4.31 Å². The van der Waals surface area contributed by atoms with Crippen molar-refractivity contribution in [2.45, 2.75) is 31.2 Å². The molecule has 1 aromatic rings. The first-order chi connectivity index (χ1) is 12.5. The summed E-state index contributed by atoms with van der Waals surface area (Å²) >= 11 is 1.45. The van der Waals surface area contributed by atoms with Crippen LogP contribution in [0.3, 0.4) is 0 Å². The number of carbonyl (C=O) groups excluding carboxylic acids is 1. The number of hydrogen-bond acceptors (Lipinski definition) is 6. The van der Waals surface area contributed by atoms with E-state index < -0.39 is 16.1 Å². The maximum atomic E-state index is 13.2. The fourth-order valence-corrected chi connectivity index (χ4v) is 6.19. The second-order valence-corrected chi connectivity index (χ2v) is 8.97. The molecule has 9 heteroatoms. The van der Waals surface area contributed by atoms with Crippen LogP contribution >= 0.6 is 11.8 Å². The quantitative estimate of drug-likeness (QED) is 0.750. The topological polar surface area (TPSA) is 76.2 Å². The summed E-state index contributed by atoms with van der Waals surface area (Å²) in [5.74, 6) is 1.58. The van der Waals surface area contributed by atoms with Gasteiger partial charge in [0.25, 0.3) is 0 Å². The normalized spacial score (nSPS) is 20.6. The summed E-state index contributed by atoms with van der Waals surface area (Å²) in [5, 5.41) is 0. The van der Waals surface area contributed by atoms with E-state index in [1.807, 2.05) is 13.8 Å².